The van der Waals surface area contributed by atoms with Crippen LogP contribution >= 0.6 is 0 Å². The van der Waals surface area contributed by atoms with E-state index < -0.39 is 11.2 Å². The lowest BCUT2D eigenvalue weighted by atomic mass is 9.84. The van der Waals surface area contributed by atoms with Gasteiger partial charge >= 0.3 is 0 Å². The zero-order valence-electron chi connectivity index (χ0n) is 11.3. The third-order valence-electron chi connectivity index (χ3n) is 4.12. The molecule has 102 valence electrons. The van der Waals surface area contributed by atoms with Gasteiger partial charge in [-0.3, -0.25) is 5.10 Å². The van der Waals surface area contributed by atoms with Gasteiger partial charge in [0.1, 0.15) is 5.60 Å². The lowest BCUT2D eigenvalue weighted by Crippen LogP contribution is -2.52. The molecule has 0 saturated heterocycles. The molecular weight excluding hydrogens is 242 g/mol. The van der Waals surface area contributed by atoms with E-state index in [2.05, 4.69) is 15.2 Å². The zero-order chi connectivity index (χ0) is 13.5. The summed E-state index contributed by atoms with van der Waals surface area (Å²) in [5, 5.41) is 18.4. The van der Waals surface area contributed by atoms with Crippen LogP contribution in [-0.2, 0) is 0 Å². The van der Waals surface area contributed by atoms with Crippen molar-refractivity contribution in [2.24, 2.45) is 0 Å². The van der Waals surface area contributed by atoms with Gasteiger partial charge in [-0.1, -0.05) is 0 Å². The van der Waals surface area contributed by atoms with Crippen molar-refractivity contribution >= 4 is 11.0 Å². The molecule has 3 rings (SSSR count). The number of hydrogen-bond acceptors (Lipinski definition) is 4. The third-order valence-corrected chi connectivity index (χ3v) is 4.12. The standard InChI is InChI=1S/C14H19N3O2/c1-13(2,18)14(7-3-4-8-14)19-12-10-6-5-9-15-11(10)16-17-12/h5-6,9,18H,3-4,7-8H2,1-2H3,(H,15,16,17). The van der Waals surface area contributed by atoms with Crippen LogP contribution in [0.25, 0.3) is 11.0 Å². The van der Waals surface area contributed by atoms with Gasteiger partial charge in [-0.05, 0) is 51.7 Å². The summed E-state index contributed by atoms with van der Waals surface area (Å²) >= 11 is 0. The number of aromatic nitrogens is 3. The molecule has 1 fully saturated rings. The number of pyridine rings is 1. The molecule has 2 aromatic rings. The molecule has 0 spiro atoms. The van der Waals surface area contributed by atoms with Crippen molar-refractivity contribution in [3.8, 4) is 5.88 Å². The van der Waals surface area contributed by atoms with Crippen LogP contribution in [0.1, 0.15) is 39.5 Å². The molecular formula is C14H19N3O2. The van der Waals surface area contributed by atoms with Crippen LogP contribution in [0.3, 0.4) is 0 Å². The van der Waals surface area contributed by atoms with Crippen LogP contribution in [0.4, 0.5) is 0 Å². The molecule has 0 atom stereocenters. The smallest absolute Gasteiger partial charge is 0.242 e. The topological polar surface area (TPSA) is 71.0 Å². The Bertz CT molecular complexity index is 580. The number of fused-ring (bicyclic) bond motifs is 1. The van der Waals surface area contributed by atoms with E-state index in [1.807, 2.05) is 26.0 Å². The Labute approximate surface area is 112 Å². The molecule has 19 heavy (non-hydrogen) atoms. The van der Waals surface area contributed by atoms with Gasteiger partial charge in [0.25, 0.3) is 0 Å². The molecule has 0 aromatic carbocycles. The highest BCUT2D eigenvalue weighted by atomic mass is 16.5. The van der Waals surface area contributed by atoms with E-state index >= 15 is 0 Å². The Kier molecular flexibility index (Phi) is 2.74. The summed E-state index contributed by atoms with van der Waals surface area (Å²) in [5.74, 6) is 0.534. The number of nitrogens with zero attached hydrogens (tertiary/aromatic N) is 2. The summed E-state index contributed by atoms with van der Waals surface area (Å²) in [7, 11) is 0. The number of aromatic amines is 1. The SMILES string of the molecule is CC(C)(O)C1(Oc2n[nH]c3ncccc23)CCCC1. The van der Waals surface area contributed by atoms with Crippen LogP contribution in [-0.4, -0.2) is 31.5 Å². The monoisotopic (exact) mass is 261 g/mol. The molecule has 5 nitrogen and oxygen atoms in total. The largest absolute Gasteiger partial charge is 0.466 e. The number of aliphatic hydroxyl groups is 1. The molecule has 0 unspecified atom stereocenters. The fraction of sp³-hybridized carbons (Fsp3) is 0.571. The summed E-state index contributed by atoms with van der Waals surface area (Å²) in [4.78, 5) is 4.20. The van der Waals surface area contributed by atoms with Crippen molar-refractivity contribution in [3.63, 3.8) is 0 Å². The average molecular weight is 261 g/mol. The van der Waals surface area contributed by atoms with Gasteiger partial charge in [-0.25, -0.2) is 4.98 Å². The van der Waals surface area contributed by atoms with Crippen molar-refractivity contribution < 1.29 is 9.84 Å². The van der Waals surface area contributed by atoms with E-state index in [4.69, 9.17) is 4.74 Å². The first-order valence-electron chi connectivity index (χ1n) is 6.72. The van der Waals surface area contributed by atoms with Gasteiger partial charge in [0, 0.05) is 6.20 Å². The van der Waals surface area contributed by atoms with Gasteiger partial charge in [-0.2, -0.15) is 0 Å². The second-order valence-corrected chi connectivity index (χ2v) is 5.79. The van der Waals surface area contributed by atoms with Crippen LogP contribution in [0.15, 0.2) is 18.3 Å². The molecule has 1 aliphatic carbocycles. The maximum Gasteiger partial charge on any atom is 0.242 e. The molecule has 2 heterocycles. The molecule has 1 aliphatic rings. The predicted molar refractivity (Wildman–Crippen MR) is 72.0 cm³/mol. The quantitative estimate of drug-likeness (QED) is 0.890. The fourth-order valence-corrected chi connectivity index (χ4v) is 2.88. The maximum atomic E-state index is 10.5. The summed E-state index contributed by atoms with van der Waals surface area (Å²) in [6.07, 6.45) is 5.57. The minimum atomic E-state index is -0.892. The van der Waals surface area contributed by atoms with Crippen molar-refractivity contribution in [2.45, 2.75) is 50.7 Å². The summed E-state index contributed by atoms with van der Waals surface area (Å²) < 4.78 is 6.15. The van der Waals surface area contributed by atoms with Gasteiger partial charge in [0.15, 0.2) is 5.65 Å². The second-order valence-electron chi connectivity index (χ2n) is 5.79. The Morgan fingerprint density at radius 3 is 2.79 bits per heavy atom. The molecule has 0 bridgehead atoms. The van der Waals surface area contributed by atoms with E-state index in [-0.39, 0.29) is 0 Å². The van der Waals surface area contributed by atoms with E-state index in [0.717, 1.165) is 31.1 Å². The first-order chi connectivity index (χ1) is 9.02. The molecule has 2 aromatic heterocycles. The predicted octanol–water partition coefficient (Wildman–Crippen LogP) is 2.42. The van der Waals surface area contributed by atoms with Crippen LogP contribution in [0, 0.1) is 0 Å². The summed E-state index contributed by atoms with van der Waals surface area (Å²) in [6, 6.07) is 3.78. The average Bonchev–Trinajstić information content (AvgIpc) is 2.98. The van der Waals surface area contributed by atoms with Gasteiger partial charge in [-0.15, -0.1) is 5.10 Å². The van der Waals surface area contributed by atoms with Gasteiger partial charge in [0.05, 0.1) is 11.0 Å². The summed E-state index contributed by atoms with van der Waals surface area (Å²) in [5.41, 5.74) is -0.733. The van der Waals surface area contributed by atoms with Gasteiger partial charge < -0.3 is 9.84 Å². The maximum absolute atomic E-state index is 10.5. The number of rotatable bonds is 3. The third kappa shape index (κ3) is 1.98. The van der Waals surface area contributed by atoms with Crippen molar-refractivity contribution in [3.05, 3.63) is 18.3 Å². The molecule has 5 heteroatoms. The second kappa shape index (κ2) is 4.20. The van der Waals surface area contributed by atoms with Crippen LogP contribution in [0.2, 0.25) is 0 Å². The first-order valence-corrected chi connectivity index (χ1v) is 6.72. The van der Waals surface area contributed by atoms with E-state index in [1.54, 1.807) is 6.20 Å². The minimum Gasteiger partial charge on any atom is -0.466 e. The Balaban J connectivity index is 1.99. The van der Waals surface area contributed by atoms with Crippen molar-refractivity contribution in [2.75, 3.05) is 0 Å². The van der Waals surface area contributed by atoms with Crippen molar-refractivity contribution in [1.29, 1.82) is 0 Å². The lowest BCUT2D eigenvalue weighted by molar-refractivity contribution is -0.110. The molecule has 0 radical (unpaired) electrons. The Morgan fingerprint density at radius 2 is 2.11 bits per heavy atom. The highest BCUT2D eigenvalue weighted by molar-refractivity contribution is 5.80. The number of ether oxygens (including phenoxy) is 1. The molecule has 0 amide bonds. The number of hydrogen-bond donors (Lipinski definition) is 2. The Morgan fingerprint density at radius 1 is 1.37 bits per heavy atom. The minimum absolute atomic E-state index is 0.534. The number of nitrogens with one attached hydrogen (secondary N) is 1. The molecule has 1 saturated carbocycles. The fourth-order valence-electron chi connectivity index (χ4n) is 2.88. The van der Waals surface area contributed by atoms with Crippen LogP contribution < -0.4 is 4.74 Å². The highest BCUT2D eigenvalue weighted by Gasteiger charge is 2.49. The van der Waals surface area contributed by atoms with Crippen molar-refractivity contribution in [1.82, 2.24) is 15.2 Å². The molecule has 2 N–H and O–H groups in total. The van der Waals surface area contributed by atoms with Crippen LogP contribution in [0.5, 0.6) is 5.88 Å². The summed E-state index contributed by atoms with van der Waals surface area (Å²) in [6.45, 7) is 3.62. The van der Waals surface area contributed by atoms with E-state index in [0.29, 0.717) is 11.5 Å². The van der Waals surface area contributed by atoms with E-state index in [1.165, 1.54) is 0 Å². The van der Waals surface area contributed by atoms with Gasteiger partial charge in [0.2, 0.25) is 5.88 Å². The first kappa shape index (κ1) is 12.4. The Hall–Kier alpha value is -1.62. The normalized spacial score (nSPS) is 18.9. The highest BCUT2D eigenvalue weighted by Crippen LogP contribution is 2.42. The number of H-pyrrole nitrogens is 1. The zero-order valence-corrected chi connectivity index (χ0v) is 11.3. The molecule has 0 aliphatic heterocycles. The lowest BCUT2D eigenvalue weighted by Gasteiger charge is -2.39. The van der Waals surface area contributed by atoms with E-state index in [9.17, 15) is 5.11 Å².